The van der Waals surface area contributed by atoms with Crippen molar-refractivity contribution in [3.8, 4) is 0 Å². The monoisotopic (exact) mass is 527 g/mol. The molecule has 1 aliphatic rings. The standard InChI is InChI=1S/C26H28F3N7O2/c1-17-6-7-22-18(14-17)15-21(25(37)30-22)23(24-31-32-33-36(24)12-13-38-2)35-10-8-34(9-11-35)20-5-3-4-19(16-20)26(27,28)29/h3-7,14-16,23H,8-13H2,1-2H3,(H,30,37)/t23-/m1/s1. The molecule has 4 aromatic rings. The molecule has 3 heterocycles. The number of nitrogens with one attached hydrogen (secondary N) is 1. The molecule has 1 N–H and O–H groups in total. The van der Waals surface area contributed by atoms with Crippen LogP contribution in [0.15, 0.2) is 53.3 Å². The lowest BCUT2D eigenvalue weighted by atomic mass is 10.0. The topological polar surface area (TPSA) is 92.2 Å². The maximum absolute atomic E-state index is 13.3. The molecule has 0 unspecified atom stereocenters. The van der Waals surface area contributed by atoms with E-state index >= 15 is 0 Å². The molecule has 0 aliphatic carbocycles. The van der Waals surface area contributed by atoms with Crippen LogP contribution in [0.5, 0.6) is 0 Å². The van der Waals surface area contributed by atoms with Crippen LogP contribution in [0.4, 0.5) is 18.9 Å². The average molecular weight is 528 g/mol. The summed E-state index contributed by atoms with van der Waals surface area (Å²) in [5, 5.41) is 13.2. The number of rotatable bonds is 7. The van der Waals surface area contributed by atoms with Crippen LogP contribution in [-0.4, -0.2) is 70.0 Å². The molecule has 9 nitrogen and oxygen atoms in total. The molecule has 2 aromatic heterocycles. The minimum Gasteiger partial charge on any atom is -0.383 e. The number of tetrazole rings is 1. The van der Waals surface area contributed by atoms with Gasteiger partial charge in [-0.05, 0) is 59.1 Å². The van der Waals surface area contributed by atoms with Crippen LogP contribution in [0.3, 0.4) is 0 Å². The van der Waals surface area contributed by atoms with Gasteiger partial charge in [-0.15, -0.1) is 5.10 Å². The third kappa shape index (κ3) is 5.27. The number of pyridine rings is 1. The molecular weight excluding hydrogens is 499 g/mol. The predicted octanol–water partition coefficient (Wildman–Crippen LogP) is 3.40. The van der Waals surface area contributed by atoms with E-state index in [0.29, 0.717) is 56.4 Å². The summed E-state index contributed by atoms with van der Waals surface area (Å²) in [6.45, 7) is 4.71. The summed E-state index contributed by atoms with van der Waals surface area (Å²) in [7, 11) is 1.59. The van der Waals surface area contributed by atoms with Crippen molar-refractivity contribution in [3.63, 3.8) is 0 Å². The van der Waals surface area contributed by atoms with Gasteiger partial charge >= 0.3 is 6.18 Å². The predicted molar refractivity (Wildman–Crippen MR) is 136 cm³/mol. The molecule has 0 spiro atoms. The number of hydrogen-bond acceptors (Lipinski definition) is 7. The lowest BCUT2D eigenvalue weighted by Crippen LogP contribution is -2.49. The molecule has 1 fully saturated rings. The zero-order valence-electron chi connectivity index (χ0n) is 21.1. The number of methoxy groups -OCH3 is 1. The van der Waals surface area contributed by atoms with Gasteiger partial charge in [0.15, 0.2) is 5.82 Å². The zero-order valence-corrected chi connectivity index (χ0v) is 21.1. The molecule has 0 radical (unpaired) electrons. The fraction of sp³-hybridized carbons (Fsp3) is 0.385. The number of alkyl halides is 3. The summed E-state index contributed by atoms with van der Waals surface area (Å²) < 4.78 is 46.6. The van der Waals surface area contributed by atoms with Gasteiger partial charge < -0.3 is 14.6 Å². The SMILES string of the molecule is COCCn1nnnc1[C@@H](c1cc2cc(C)ccc2[nH]c1=O)N1CCN(c2cccc(C(F)(F)F)c2)CC1. The highest BCUT2D eigenvalue weighted by atomic mass is 19.4. The molecule has 12 heteroatoms. The summed E-state index contributed by atoms with van der Waals surface area (Å²) in [6, 6.07) is 12.5. The highest BCUT2D eigenvalue weighted by Gasteiger charge is 2.34. The maximum atomic E-state index is 13.3. The summed E-state index contributed by atoms with van der Waals surface area (Å²) in [5.74, 6) is 0.507. The van der Waals surface area contributed by atoms with Crippen LogP contribution in [0.1, 0.15) is 28.6 Å². The second kappa shape index (κ2) is 10.5. The van der Waals surface area contributed by atoms with Gasteiger partial charge in [0.1, 0.15) is 6.04 Å². The summed E-state index contributed by atoms with van der Waals surface area (Å²) >= 11 is 0. The Hall–Kier alpha value is -3.77. The van der Waals surface area contributed by atoms with Crippen molar-refractivity contribution in [2.75, 3.05) is 44.8 Å². The molecule has 0 saturated carbocycles. The minimum atomic E-state index is -4.41. The Morgan fingerprint density at radius 1 is 1.08 bits per heavy atom. The molecule has 0 amide bonds. The molecule has 0 bridgehead atoms. The van der Waals surface area contributed by atoms with Crippen LogP contribution in [-0.2, 0) is 17.5 Å². The Balaban J connectivity index is 1.49. The van der Waals surface area contributed by atoms with E-state index in [0.717, 1.165) is 22.5 Å². The van der Waals surface area contributed by atoms with Crippen molar-refractivity contribution in [3.05, 3.63) is 81.4 Å². The fourth-order valence-electron chi connectivity index (χ4n) is 4.91. The van der Waals surface area contributed by atoms with Crippen LogP contribution in [0, 0.1) is 6.92 Å². The van der Waals surface area contributed by atoms with Crippen molar-refractivity contribution in [1.82, 2.24) is 30.1 Å². The van der Waals surface area contributed by atoms with Crippen LogP contribution in [0.25, 0.3) is 10.9 Å². The Bertz CT molecular complexity index is 1480. The third-order valence-corrected chi connectivity index (χ3v) is 6.85. The Kier molecular flexibility index (Phi) is 7.17. The average Bonchev–Trinajstić information content (AvgIpc) is 3.36. The van der Waals surface area contributed by atoms with Crippen molar-refractivity contribution < 1.29 is 17.9 Å². The largest absolute Gasteiger partial charge is 0.416 e. The number of nitrogens with zero attached hydrogens (tertiary/aromatic N) is 6. The van der Waals surface area contributed by atoms with Crippen molar-refractivity contribution in [2.45, 2.75) is 25.7 Å². The van der Waals surface area contributed by atoms with Crippen LogP contribution >= 0.6 is 0 Å². The minimum absolute atomic E-state index is 0.243. The molecule has 200 valence electrons. The maximum Gasteiger partial charge on any atom is 0.416 e. The lowest BCUT2D eigenvalue weighted by molar-refractivity contribution is -0.137. The smallest absolute Gasteiger partial charge is 0.383 e. The number of piperazine rings is 1. The molecule has 1 saturated heterocycles. The number of aromatic nitrogens is 5. The van der Waals surface area contributed by atoms with E-state index in [2.05, 4.69) is 25.4 Å². The van der Waals surface area contributed by atoms with Gasteiger partial charge in [0.2, 0.25) is 0 Å². The van der Waals surface area contributed by atoms with Gasteiger partial charge in [-0.3, -0.25) is 9.69 Å². The van der Waals surface area contributed by atoms with E-state index in [1.807, 2.05) is 36.1 Å². The number of hydrogen-bond donors (Lipinski definition) is 1. The van der Waals surface area contributed by atoms with Crippen LogP contribution < -0.4 is 10.5 Å². The summed E-state index contributed by atoms with van der Waals surface area (Å²) in [4.78, 5) is 20.3. The lowest BCUT2D eigenvalue weighted by Gasteiger charge is -2.39. The van der Waals surface area contributed by atoms with E-state index in [9.17, 15) is 18.0 Å². The quantitative estimate of drug-likeness (QED) is 0.394. The number of anilines is 1. The second-order valence-electron chi connectivity index (χ2n) is 9.37. The second-order valence-corrected chi connectivity index (χ2v) is 9.37. The Morgan fingerprint density at radius 2 is 1.87 bits per heavy atom. The fourth-order valence-corrected chi connectivity index (χ4v) is 4.91. The number of fused-ring (bicyclic) bond motifs is 1. The van der Waals surface area contributed by atoms with Gasteiger partial charge in [0, 0.05) is 50.1 Å². The van der Waals surface area contributed by atoms with Gasteiger partial charge in [-0.25, -0.2) is 4.68 Å². The van der Waals surface area contributed by atoms with Gasteiger partial charge in [-0.2, -0.15) is 13.2 Å². The Labute approximate surface area is 216 Å². The van der Waals surface area contributed by atoms with Gasteiger partial charge in [0.25, 0.3) is 5.56 Å². The Morgan fingerprint density at radius 3 is 2.61 bits per heavy atom. The van der Waals surface area contributed by atoms with E-state index in [-0.39, 0.29) is 5.56 Å². The van der Waals surface area contributed by atoms with Crippen molar-refractivity contribution in [2.24, 2.45) is 0 Å². The van der Waals surface area contributed by atoms with Crippen molar-refractivity contribution in [1.29, 1.82) is 0 Å². The summed E-state index contributed by atoms with van der Waals surface area (Å²) in [5.41, 5.74) is 1.89. The normalized spacial score (nSPS) is 15.8. The number of aromatic amines is 1. The van der Waals surface area contributed by atoms with E-state index in [1.54, 1.807) is 17.9 Å². The molecular formula is C26H28F3N7O2. The number of ether oxygens (including phenoxy) is 1. The molecule has 5 rings (SSSR count). The van der Waals surface area contributed by atoms with Crippen LogP contribution in [0.2, 0.25) is 0 Å². The number of halogens is 3. The number of benzene rings is 2. The van der Waals surface area contributed by atoms with E-state index < -0.39 is 17.8 Å². The first-order chi connectivity index (χ1) is 18.2. The summed E-state index contributed by atoms with van der Waals surface area (Å²) in [6.07, 6.45) is -4.41. The molecule has 1 aliphatic heterocycles. The van der Waals surface area contributed by atoms with Gasteiger partial charge in [-0.1, -0.05) is 17.7 Å². The van der Waals surface area contributed by atoms with Crippen molar-refractivity contribution >= 4 is 16.6 Å². The third-order valence-electron chi connectivity index (χ3n) is 6.85. The molecule has 1 atom stereocenters. The first-order valence-corrected chi connectivity index (χ1v) is 12.3. The molecule has 38 heavy (non-hydrogen) atoms. The highest BCUT2D eigenvalue weighted by Crippen LogP contribution is 2.33. The zero-order chi connectivity index (χ0) is 26.9. The first kappa shape index (κ1) is 25.9. The molecule has 2 aromatic carbocycles. The van der Waals surface area contributed by atoms with E-state index in [4.69, 9.17) is 4.74 Å². The first-order valence-electron chi connectivity index (χ1n) is 12.3. The highest BCUT2D eigenvalue weighted by molar-refractivity contribution is 5.79. The van der Waals surface area contributed by atoms with Gasteiger partial charge in [0.05, 0.1) is 18.7 Å². The number of aryl methyl sites for hydroxylation is 1. The number of H-pyrrole nitrogens is 1. The van der Waals surface area contributed by atoms with E-state index in [1.165, 1.54) is 12.1 Å².